The normalized spacial score (nSPS) is 18.8. The van der Waals surface area contributed by atoms with Crippen molar-refractivity contribution in [3.05, 3.63) is 45.6 Å². The monoisotopic (exact) mass is 621 g/mol. The molecular formula is C33H38BCuN8. The van der Waals surface area contributed by atoms with Crippen LogP contribution >= 0.6 is 0 Å². The number of aromatic nitrogens is 8. The largest absolute Gasteiger partial charge is 2.00 e. The summed E-state index contributed by atoms with van der Waals surface area (Å²) < 4.78 is 0. The average Bonchev–Trinajstić information content (AvgIpc) is 3.73. The van der Waals surface area contributed by atoms with Gasteiger partial charge in [-0.3, -0.25) is 0 Å². The summed E-state index contributed by atoms with van der Waals surface area (Å²) in [5, 5.41) is 0. The number of aryl methyl sites for hydroxylation is 4. The fourth-order valence-electron chi connectivity index (χ4n) is 7.68. The van der Waals surface area contributed by atoms with Crippen molar-refractivity contribution in [1.82, 2.24) is 39.9 Å². The topological polar surface area (TPSA) is 106 Å². The van der Waals surface area contributed by atoms with E-state index in [1.807, 2.05) is 0 Å². The van der Waals surface area contributed by atoms with Gasteiger partial charge in [-0.05, 0) is 147 Å². The van der Waals surface area contributed by atoms with Gasteiger partial charge in [-0.1, -0.05) is 7.43 Å². The fraction of sp³-hybridized carbons (Fsp3) is 0.515. The van der Waals surface area contributed by atoms with Crippen LogP contribution in [0, 0.1) is 0 Å². The summed E-state index contributed by atoms with van der Waals surface area (Å²) >= 11 is 0. The van der Waals surface area contributed by atoms with E-state index in [0.29, 0.717) is 0 Å². The fourth-order valence-corrected chi connectivity index (χ4v) is 7.68. The maximum atomic E-state index is 5.17. The van der Waals surface area contributed by atoms with Crippen LogP contribution in [0.3, 0.4) is 0 Å². The molecule has 0 fully saturated rings. The van der Waals surface area contributed by atoms with Crippen LogP contribution < -0.4 is 9.97 Å². The van der Waals surface area contributed by atoms with Crippen LogP contribution in [0.4, 0.5) is 0 Å². The smallest absolute Gasteiger partial charge is 0.358 e. The number of nitrogens with zero attached hydrogens (tertiary/aromatic N) is 8. The van der Waals surface area contributed by atoms with Crippen molar-refractivity contribution in [3.63, 3.8) is 0 Å². The molecule has 4 aliphatic carbocycles. The zero-order valence-corrected chi connectivity index (χ0v) is 24.7. The van der Waals surface area contributed by atoms with Crippen molar-refractivity contribution in [2.75, 3.05) is 0 Å². The van der Waals surface area contributed by atoms with Gasteiger partial charge in [0.25, 0.3) is 0 Å². The summed E-state index contributed by atoms with van der Waals surface area (Å²) in [5.41, 5.74) is 13.2. The number of rotatable bonds is 0. The Hall–Kier alpha value is -3.10. The molecule has 9 rings (SSSR count). The summed E-state index contributed by atoms with van der Waals surface area (Å²) in [6.07, 6.45) is 17.3. The van der Waals surface area contributed by atoms with Gasteiger partial charge in [0.2, 0.25) is 0 Å². The van der Waals surface area contributed by atoms with E-state index in [1.54, 1.807) is 0 Å². The third kappa shape index (κ3) is 4.81. The number of hydrogen-bond donors (Lipinski definition) is 0. The molecular weight excluding hydrogens is 583 g/mol. The van der Waals surface area contributed by atoms with Crippen molar-refractivity contribution in [2.24, 2.45) is 0 Å². The second-order valence-electron chi connectivity index (χ2n) is 12.1. The number of fused-ring (bicyclic) bond motifs is 18. The van der Waals surface area contributed by atoms with Gasteiger partial charge in [0.15, 0.2) is 0 Å². The quantitative estimate of drug-likeness (QED) is 0.266. The number of allylic oxidation sites excluding steroid dienone is 4. The summed E-state index contributed by atoms with van der Waals surface area (Å²) in [6, 6.07) is 0. The van der Waals surface area contributed by atoms with E-state index >= 15 is 0 Å². The standard InChI is InChI=1S/C32H32N8.CH4.B.Cu.H2/c1-2-10-18-17(9-1)25-33-26(18)38-28-21-13-5-6-14-22(21)30(35-28)40-32-24-16-8-7-15-23(24)31(36-32)39-29-20-12-4-3-11-19(20)27(34-29)37-25;;;;/h1-16H2;1H4;;;1H/q-2;;;+2;/i;;;;1+1. The van der Waals surface area contributed by atoms with Crippen molar-refractivity contribution < 1.29 is 18.5 Å². The zero-order chi connectivity index (χ0) is 26.2. The van der Waals surface area contributed by atoms with Crippen LogP contribution in [-0.4, -0.2) is 38.3 Å². The Labute approximate surface area is 266 Å². The minimum absolute atomic E-state index is 0. The van der Waals surface area contributed by atoms with Gasteiger partial charge in [0.1, 0.15) is 0 Å². The van der Waals surface area contributed by atoms with Crippen molar-refractivity contribution >= 4 is 53.3 Å². The molecule has 0 saturated heterocycles. The molecule has 0 spiro atoms. The molecule has 3 aromatic rings. The first-order valence-corrected chi connectivity index (χ1v) is 15.4. The Morgan fingerprint density at radius 2 is 0.605 bits per heavy atom. The van der Waals surface area contributed by atoms with Gasteiger partial charge in [-0.15, -0.1) is 0 Å². The molecule has 10 heteroatoms. The Balaban J connectivity index is 0.000000960. The molecule has 0 N–H and O–H groups in total. The van der Waals surface area contributed by atoms with Crippen LogP contribution in [-0.2, 0) is 42.8 Å². The molecule has 224 valence electrons. The van der Waals surface area contributed by atoms with E-state index in [4.69, 9.17) is 39.9 Å². The van der Waals surface area contributed by atoms with E-state index < -0.39 is 0 Å². The molecule has 0 amide bonds. The second-order valence-corrected chi connectivity index (χ2v) is 12.1. The Bertz CT molecular complexity index is 1580. The molecule has 0 unspecified atom stereocenters. The Morgan fingerprint density at radius 3 is 0.860 bits per heavy atom. The van der Waals surface area contributed by atoms with Gasteiger partial charge in [0, 0.05) is 32.4 Å². The van der Waals surface area contributed by atoms with E-state index in [1.165, 1.54) is 44.5 Å². The van der Waals surface area contributed by atoms with Crippen molar-refractivity contribution in [3.8, 4) is 0 Å². The molecule has 8 nitrogen and oxygen atoms in total. The SMILES string of the molecule is C.C1CCC2=C(C1)c1nc2nc2[n-]c(nc3nc(nc4[n-]c(n1)c1c4CCCC1)C1=C3CCCC1)c1c2CCCC1.[2HH].[B].[Cu+2]. The van der Waals surface area contributed by atoms with Crippen LogP contribution in [0.25, 0.3) is 44.9 Å². The third-order valence-electron chi connectivity index (χ3n) is 9.73. The summed E-state index contributed by atoms with van der Waals surface area (Å²) in [4.78, 5) is 41.0. The molecule has 8 bridgehead atoms. The molecule has 6 aliphatic rings. The minimum atomic E-state index is 0. The van der Waals surface area contributed by atoms with Crippen LogP contribution in [0.15, 0.2) is 0 Å². The van der Waals surface area contributed by atoms with E-state index in [9.17, 15) is 0 Å². The van der Waals surface area contributed by atoms with Gasteiger partial charge in [-0.2, -0.15) is 0 Å². The van der Waals surface area contributed by atoms with E-state index in [-0.39, 0.29) is 34.3 Å². The van der Waals surface area contributed by atoms with Crippen LogP contribution in [0.5, 0.6) is 0 Å². The maximum Gasteiger partial charge on any atom is 2.00 e. The third-order valence-corrected chi connectivity index (χ3v) is 9.73. The Morgan fingerprint density at radius 1 is 0.372 bits per heavy atom. The molecule has 3 aromatic heterocycles. The first-order valence-electron chi connectivity index (χ1n) is 15.4. The molecule has 0 saturated carbocycles. The predicted octanol–water partition coefficient (Wildman–Crippen LogP) is 6.38. The summed E-state index contributed by atoms with van der Waals surface area (Å²) in [7, 11) is 0. The first kappa shape index (κ1) is 30.0. The minimum Gasteiger partial charge on any atom is -0.358 e. The predicted molar refractivity (Wildman–Crippen MR) is 169 cm³/mol. The molecule has 43 heavy (non-hydrogen) atoms. The number of hydrogen-bond acceptors (Lipinski definition) is 6. The maximum absolute atomic E-state index is 5.17. The zero-order valence-electron chi connectivity index (χ0n) is 23.8. The van der Waals surface area contributed by atoms with Gasteiger partial charge < -0.3 is 29.9 Å². The summed E-state index contributed by atoms with van der Waals surface area (Å²) in [5.74, 6) is 3.20. The molecule has 2 aliphatic heterocycles. The van der Waals surface area contributed by atoms with Crippen LogP contribution in [0.1, 0.15) is 131 Å². The molecule has 0 aromatic carbocycles. The second kappa shape index (κ2) is 11.8. The van der Waals surface area contributed by atoms with Gasteiger partial charge in [0.05, 0.1) is 23.3 Å². The summed E-state index contributed by atoms with van der Waals surface area (Å²) in [6.45, 7) is 0. The van der Waals surface area contributed by atoms with E-state index in [2.05, 4.69) is 0 Å². The molecule has 4 radical (unpaired) electrons. The van der Waals surface area contributed by atoms with Gasteiger partial charge >= 0.3 is 17.1 Å². The first-order chi connectivity index (χ1) is 19.8. The molecule has 0 atom stereocenters. The van der Waals surface area contributed by atoms with Crippen LogP contribution in [0.2, 0.25) is 0 Å². The van der Waals surface area contributed by atoms with Gasteiger partial charge in [-0.25, -0.2) is 9.97 Å². The van der Waals surface area contributed by atoms with Crippen molar-refractivity contribution in [1.29, 1.82) is 0 Å². The molecule has 5 heterocycles. The van der Waals surface area contributed by atoms with E-state index in [0.717, 1.165) is 149 Å². The average molecular weight is 622 g/mol. The Kier molecular flexibility index (Phi) is 8.20. The van der Waals surface area contributed by atoms with Crippen molar-refractivity contribution in [2.45, 2.75) is 110 Å².